The lowest BCUT2D eigenvalue weighted by Crippen LogP contribution is -2.42. The van der Waals surface area contributed by atoms with E-state index in [1.54, 1.807) is 29.7 Å². The highest BCUT2D eigenvalue weighted by Crippen LogP contribution is 2.20. The maximum Gasteiger partial charge on any atom is 0.274 e. The zero-order valence-corrected chi connectivity index (χ0v) is 11.6. The Morgan fingerprint density at radius 1 is 1.24 bits per heavy atom. The van der Waals surface area contributed by atoms with Gasteiger partial charge in [0.1, 0.15) is 11.8 Å². The van der Waals surface area contributed by atoms with Gasteiger partial charge < -0.3 is 9.64 Å². The van der Waals surface area contributed by atoms with Crippen molar-refractivity contribution in [2.24, 2.45) is 0 Å². The van der Waals surface area contributed by atoms with Crippen LogP contribution in [0.15, 0.2) is 31.0 Å². The Morgan fingerprint density at radius 2 is 2.14 bits per heavy atom. The van der Waals surface area contributed by atoms with Gasteiger partial charge in [-0.15, -0.1) is 0 Å². The molecule has 1 aliphatic heterocycles. The van der Waals surface area contributed by atoms with E-state index < -0.39 is 0 Å². The van der Waals surface area contributed by atoms with Gasteiger partial charge in [0.25, 0.3) is 5.91 Å². The van der Waals surface area contributed by atoms with Crippen LogP contribution in [-0.2, 0) is 4.74 Å². The van der Waals surface area contributed by atoms with E-state index in [0.29, 0.717) is 25.4 Å². The molecule has 3 rings (SSSR count). The molecule has 0 bridgehead atoms. The third-order valence-corrected chi connectivity index (χ3v) is 3.27. The first-order valence-electron chi connectivity index (χ1n) is 6.69. The van der Waals surface area contributed by atoms with E-state index in [1.165, 1.54) is 6.20 Å². The zero-order valence-electron chi connectivity index (χ0n) is 11.6. The smallest absolute Gasteiger partial charge is 0.274 e. The highest BCUT2D eigenvalue weighted by molar-refractivity contribution is 5.92. The number of ether oxygens (including phenoxy) is 1. The molecule has 1 atom stereocenters. The van der Waals surface area contributed by atoms with E-state index in [4.69, 9.17) is 4.74 Å². The molecular weight excluding hydrogens is 270 g/mol. The van der Waals surface area contributed by atoms with Gasteiger partial charge >= 0.3 is 0 Å². The topological polar surface area (TPSA) is 81.1 Å². The van der Waals surface area contributed by atoms with Crippen molar-refractivity contribution in [2.75, 3.05) is 19.7 Å². The Morgan fingerprint density at radius 3 is 2.86 bits per heavy atom. The summed E-state index contributed by atoms with van der Waals surface area (Å²) in [6.45, 7) is 3.27. The van der Waals surface area contributed by atoms with Crippen LogP contribution in [0.4, 0.5) is 0 Å². The lowest BCUT2D eigenvalue weighted by Gasteiger charge is -2.32. The van der Waals surface area contributed by atoms with Crippen LogP contribution in [0.1, 0.15) is 28.0 Å². The molecular formula is C14H15N5O2. The summed E-state index contributed by atoms with van der Waals surface area (Å²) in [6.07, 6.45) is 7.72. The summed E-state index contributed by atoms with van der Waals surface area (Å²) in [5.74, 6) is -0.139. The van der Waals surface area contributed by atoms with Gasteiger partial charge in [-0.25, -0.2) is 4.98 Å². The first-order chi connectivity index (χ1) is 10.2. The van der Waals surface area contributed by atoms with Crippen LogP contribution < -0.4 is 0 Å². The monoisotopic (exact) mass is 285 g/mol. The molecule has 2 aromatic heterocycles. The summed E-state index contributed by atoms with van der Waals surface area (Å²) in [4.78, 5) is 30.6. The quantitative estimate of drug-likeness (QED) is 0.811. The van der Waals surface area contributed by atoms with Crippen LogP contribution in [0, 0.1) is 6.92 Å². The maximum absolute atomic E-state index is 12.4. The predicted octanol–water partition coefficient (Wildman–Crippen LogP) is 0.789. The fraction of sp³-hybridized carbons (Fsp3) is 0.357. The molecule has 1 aliphatic rings. The summed E-state index contributed by atoms with van der Waals surface area (Å²) in [6, 6.07) is 0. The van der Waals surface area contributed by atoms with Crippen LogP contribution in [0.5, 0.6) is 0 Å². The molecule has 7 heteroatoms. The van der Waals surface area contributed by atoms with Gasteiger partial charge in [-0.05, 0) is 6.92 Å². The summed E-state index contributed by atoms with van der Waals surface area (Å²) in [7, 11) is 0. The van der Waals surface area contributed by atoms with Crippen LogP contribution in [-0.4, -0.2) is 50.4 Å². The van der Waals surface area contributed by atoms with E-state index in [2.05, 4.69) is 19.9 Å². The Hall–Kier alpha value is -2.41. The minimum absolute atomic E-state index is 0.139. The normalized spacial score (nSPS) is 18.5. The van der Waals surface area contributed by atoms with E-state index in [1.807, 2.05) is 6.92 Å². The highest BCUT2D eigenvalue weighted by Gasteiger charge is 2.27. The molecule has 1 saturated heterocycles. The first kappa shape index (κ1) is 13.6. The Kier molecular flexibility index (Phi) is 3.83. The molecule has 21 heavy (non-hydrogen) atoms. The number of aryl methyl sites for hydroxylation is 1. The fourth-order valence-electron chi connectivity index (χ4n) is 2.15. The number of carbonyl (C=O) groups excluding carboxylic acids is 1. The van der Waals surface area contributed by atoms with Gasteiger partial charge in [-0.3, -0.25) is 19.7 Å². The molecule has 0 aromatic carbocycles. The third kappa shape index (κ3) is 3.03. The van der Waals surface area contributed by atoms with Gasteiger partial charge in [0.2, 0.25) is 0 Å². The predicted molar refractivity (Wildman–Crippen MR) is 73.4 cm³/mol. The van der Waals surface area contributed by atoms with E-state index in [0.717, 1.165) is 11.4 Å². The number of nitrogens with zero attached hydrogens (tertiary/aromatic N) is 5. The van der Waals surface area contributed by atoms with Crippen molar-refractivity contribution in [3.8, 4) is 0 Å². The van der Waals surface area contributed by atoms with Gasteiger partial charge in [-0.2, -0.15) is 0 Å². The molecule has 1 unspecified atom stereocenters. The molecule has 0 radical (unpaired) electrons. The van der Waals surface area contributed by atoms with Crippen LogP contribution >= 0.6 is 0 Å². The molecule has 0 saturated carbocycles. The number of amides is 1. The summed E-state index contributed by atoms with van der Waals surface area (Å²) < 4.78 is 5.67. The molecule has 0 aliphatic carbocycles. The average molecular weight is 285 g/mol. The van der Waals surface area contributed by atoms with Crippen molar-refractivity contribution in [1.29, 1.82) is 0 Å². The molecule has 2 aromatic rings. The molecule has 1 amide bonds. The van der Waals surface area contributed by atoms with Crippen LogP contribution in [0.2, 0.25) is 0 Å². The lowest BCUT2D eigenvalue weighted by atomic mass is 10.2. The Bertz CT molecular complexity index is 617. The van der Waals surface area contributed by atoms with E-state index in [9.17, 15) is 4.79 Å². The summed E-state index contributed by atoms with van der Waals surface area (Å²) in [5, 5.41) is 0. The Balaban J connectivity index is 1.74. The molecule has 108 valence electrons. The summed E-state index contributed by atoms with van der Waals surface area (Å²) >= 11 is 0. The second-order valence-corrected chi connectivity index (χ2v) is 4.78. The number of aromatic nitrogens is 4. The molecule has 0 N–H and O–H groups in total. The maximum atomic E-state index is 12.4. The SMILES string of the molecule is Cc1cnc(C(=O)N2CCOC(c3cnccn3)C2)cn1. The second-order valence-electron chi connectivity index (χ2n) is 4.78. The van der Waals surface area contributed by atoms with E-state index in [-0.39, 0.29) is 12.0 Å². The first-order valence-corrected chi connectivity index (χ1v) is 6.69. The van der Waals surface area contributed by atoms with Gasteiger partial charge in [0.05, 0.1) is 36.9 Å². The highest BCUT2D eigenvalue weighted by atomic mass is 16.5. The number of hydrogen-bond donors (Lipinski definition) is 0. The van der Waals surface area contributed by atoms with Crippen LogP contribution in [0.25, 0.3) is 0 Å². The molecule has 1 fully saturated rings. The molecule has 0 spiro atoms. The van der Waals surface area contributed by atoms with E-state index >= 15 is 0 Å². The number of rotatable bonds is 2. The van der Waals surface area contributed by atoms with Crippen molar-refractivity contribution in [1.82, 2.24) is 24.8 Å². The van der Waals surface area contributed by atoms with Crippen molar-refractivity contribution >= 4 is 5.91 Å². The largest absolute Gasteiger partial charge is 0.368 e. The van der Waals surface area contributed by atoms with Crippen molar-refractivity contribution in [3.63, 3.8) is 0 Å². The average Bonchev–Trinajstić information content (AvgIpc) is 2.56. The van der Waals surface area contributed by atoms with Gasteiger partial charge in [0.15, 0.2) is 0 Å². The summed E-state index contributed by atoms with van der Waals surface area (Å²) in [5.41, 5.74) is 1.86. The van der Waals surface area contributed by atoms with Crippen molar-refractivity contribution in [2.45, 2.75) is 13.0 Å². The molecule has 3 heterocycles. The number of hydrogen-bond acceptors (Lipinski definition) is 6. The Labute approximate surface area is 122 Å². The standard InChI is InChI=1S/C14H15N5O2/c1-10-6-18-12(8-17-10)14(20)19-4-5-21-13(9-19)11-7-15-2-3-16-11/h2-3,6-8,13H,4-5,9H2,1H3. The second kappa shape index (κ2) is 5.92. The fourth-order valence-corrected chi connectivity index (χ4v) is 2.15. The minimum atomic E-state index is -0.255. The third-order valence-electron chi connectivity index (χ3n) is 3.27. The minimum Gasteiger partial charge on any atom is -0.368 e. The molecule has 7 nitrogen and oxygen atoms in total. The number of morpholine rings is 1. The van der Waals surface area contributed by atoms with Crippen molar-refractivity contribution < 1.29 is 9.53 Å². The zero-order chi connectivity index (χ0) is 14.7. The van der Waals surface area contributed by atoms with Gasteiger partial charge in [-0.1, -0.05) is 0 Å². The van der Waals surface area contributed by atoms with Gasteiger partial charge in [0, 0.05) is 25.1 Å². The lowest BCUT2D eigenvalue weighted by molar-refractivity contribution is -0.0251. The number of carbonyl (C=O) groups is 1. The van der Waals surface area contributed by atoms with Crippen molar-refractivity contribution in [3.05, 3.63) is 48.1 Å². The van der Waals surface area contributed by atoms with Crippen LogP contribution in [0.3, 0.4) is 0 Å².